The van der Waals surface area contributed by atoms with Crippen molar-refractivity contribution in [2.45, 2.75) is 25.8 Å². The summed E-state index contributed by atoms with van der Waals surface area (Å²) in [6, 6.07) is 32.5. The highest BCUT2D eigenvalue weighted by molar-refractivity contribution is 6.30. The van der Waals surface area contributed by atoms with Gasteiger partial charge in [-0.05, 0) is 66.1 Å². The summed E-state index contributed by atoms with van der Waals surface area (Å²) in [6.07, 6.45) is 2.55. The number of para-hydroxylation sites is 1. The first-order valence-electron chi connectivity index (χ1n) is 15.3. The molecule has 5 aromatic rings. The molecule has 1 aromatic heterocycles. The predicted octanol–water partition coefficient (Wildman–Crippen LogP) is 7.41. The molecule has 226 valence electrons. The first-order valence-corrected chi connectivity index (χ1v) is 15.6. The molecule has 1 aliphatic heterocycles. The molecule has 44 heavy (non-hydrogen) atoms. The van der Waals surface area contributed by atoms with Gasteiger partial charge in [-0.2, -0.15) is 0 Å². The third-order valence-corrected chi connectivity index (χ3v) is 8.47. The normalized spacial score (nSPS) is 14.4. The standard InChI is InChI=1S/C37H38ClN3O3/c1-27-9-11-28(12-10-27)25-41-26-35(33-7-2-3-8-36(33)41)34(24-37(42)39-17-18-40-19-21-43-22-20-40)29-5-4-6-32(23-29)44-31-15-13-30(38)14-16-31/h2-16,23,26,34H,17-22,24-25H2,1H3,(H,39,42)/t34-/m0/s1. The van der Waals surface area contributed by atoms with Gasteiger partial charge in [-0.1, -0.05) is 71.8 Å². The minimum atomic E-state index is -0.170. The zero-order chi connectivity index (χ0) is 30.3. The molecule has 4 aromatic carbocycles. The fraction of sp³-hybridized carbons (Fsp3) is 0.270. The van der Waals surface area contributed by atoms with Gasteiger partial charge in [0.15, 0.2) is 0 Å². The summed E-state index contributed by atoms with van der Waals surface area (Å²) < 4.78 is 14.0. The van der Waals surface area contributed by atoms with Gasteiger partial charge in [-0.3, -0.25) is 9.69 Å². The Labute approximate surface area is 264 Å². The van der Waals surface area contributed by atoms with Crippen molar-refractivity contribution in [3.63, 3.8) is 0 Å². The van der Waals surface area contributed by atoms with Gasteiger partial charge in [-0.15, -0.1) is 0 Å². The Bertz CT molecular complexity index is 1690. The number of carbonyl (C=O) groups excluding carboxylic acids is 1. The second kappa shape index (κ2) is 14.1. The third-order valence-electron chi connectivity index (χ3n) is 8.22. The molecule has 0 unspecified atom stereocenters. The fourth-order valence-electron chi connectivity index (χ4n) is 5.85. The van der Waals surface area contributed by atoms with Crippen LogP contribution in [0.2, 0.25) is 5.02 Å². The molecular formula is C37H38ClN3O3. The first-order chi connectivity index (χ1) is 21.5. The van der Waals surface area contributed by atoms with Crippen molar-refractivity contribution in [1.82, 2.24) is 14.8 Å². The van der Waals surface area contributed by atoms with Gasteiger partial charge >= 0.3 is 0 Å². The Morgan fingerprint density at radius 2 is 1.70 bits per heavy atom. The number of ether oxygens (including phenoxy) is 2. The molecule has 0 aliphatic carbocycles. The van der Waals surface area contributed by atoms with Crippen LogP contribution in [0.25, 0.3) is 10.9 Å². The molecule has 0 saturated carbocycles. The summed E-state index contributed by atoms with van der Waals surface area (Å²) in [5.41, 5.74) is 5.78. The molecule has 0 spiro atoms. The number of carbonyl (C=O) groups is 1. The molecule has 1 amide bonds. The summed E-state index contributed by atoms with van der Waals surface area (Å²) in [6.45, 7) is 7.58. The molecular weight excluding hydrogens is 570 g/mol. The topological polar surface area (TPSA) is 55.7 Å². The van der Waals surface area contributed by atoms with E-state index in [4.69, 9.17) is 21.1 Å². The Kier molecular flexibility index (Phi) is 9.61. The second-order valence-electron chi connectivity index (χ2n) is 11.4. The van der Waals surface area contributed by atoms with Gasteiger partial charge < -0.3 is 19.4 Å². The molecule has 0 radical (unpaired) electrons. The number of aryl methyl sites for hydroxylation is 1. The van der Waals surface area contributed by atoms with Crippen LogP contribution in [0.4, 0.5) is 0 Å². The summed E-state index contributed by atoms with van der Waals surface area (Å²) >= 11 is 6.08. The lowest BCUT2D eigenvalue weighted by molar-refractivity contribution is -0.121. The van der Waals surface area contributed by atoms with E-state index in [2.05, 4.69) is 82.5 Å². The second-order valence-corrected chi connectivity index (χ2v) is 11.8. The third kappa shape index (κ3) is 7.51. The van der Waals surface area contributed by atoms with E-state index in [1.807, 2.05) is 42.5 Å². The van der Waals surface area contributed by atoms with Gasteiger partial charge in [0, 0.05) is 67.2 Å². The van der Waals surface area contributed by atoms with Crippen LogP contribution in [0.5, 0.6) is 11.5 Å². The highest BCUT2D eigenvalue weighted by Crippen LogP contribution is 2.37. The van der Waals surface area contributed by atoms with E-state index >= 15 is 0 Å². The molecule has 2 heterocycles. The Morgan fingerprint density at radius 3 is 2.50 bits per heavy atom. The van der Waals surface area contributed by atoms with Crippen molar-refractivity contribution < 1.29 is 14.3 Å². The first kappa shape index (κ1) is 29.9. The molecule has 0 bridgehead atoms. The van der Waals surface area contributed by atoms with E-state index in [1.165, 1.54) is 11.1 Å². The maximum atomic E-state index is 13.5. The summed E-state index contributed by atoms with van der Waals surface area (Å²) in [7, 11) is 0. The quantitative estimate of drug-likeness (QED) is 0.170. The van der Waals surface area contributed by atoms with Gasteiger partial charge in [0.1, 0.15) is 11.5 Å². The minimum Gasteiger partial charge on any atom is -0.457 e. The monoisotopic (exact) mass is 607 g/mol. The maximum absolute atomic E-state index is 13.5. The molecule has 6 nitrogen and oxygen atoms in total. The highest BCUT2D eigenvalue weighted by Gasteiger charge is 2.24. The van der Waals surface area contributed by atoms with E-state index in [9.17, 15) is 4.79 Å². The number of fused-ring (bicyclic) bond motifs is 1. The number of rotatable bonds is 11. The summed E-state index contributed by atoms with van der Waals surface area (Å²) in [5.74, 6) is 1.28. The summed E-state index contributed by atoms with van der Waals surface area (Å²) in [4.78, 5) is 15.8. The van der Waals surface area contributed by atoms with Gasteiger partial charge in [0.25, 0.3) is 0 Å². The van der Waals surface area contributed by atoms with Crippen LogP contribution in [0.1, 0.15) is 34.6 Å². The molecule has 1 N–H and O–H groups in total. The zero-order valence-corrected chi connectivity index (χ0v) is 25.8. The number of nitrogens with zero attached hydrogens (tertiary/aromatic N) is 2. The van der Waals surface area contributed by atoms with E-state index in [0.29, 0.717) is 29.5 Å². The van der Waals surface area contributed by atoms with Crippen molar-refractivity contribution >= 4 is 28.4 Å². The average molecular weight is 608 g/mol. The smallest absolute Gasteiger partial charge is 0.220 e. The van der Waals surface area contributed by atoms with Crippen LogP contribution in [-0.2, 0) is 16.1 Å². The lowest BCUT2D eigenvalue weighted by Gasteiger charge is -2.26. The van der Waals surface area contributed by atoms with Gasteiger partial charge in [0.2, 0.25) is 5.91 Å². The van der Waals surface area contributed by atoms with Crippen LogP contribution < -0.4 is 10.1 Å². The number of aromatic nitrogens is 1. The largest absolute Gasteiger partial charge is 0.457 e. The SMILES string of the molecule is Cc1ccc(Cn2cc([C@@H](CC(=O)NCCN3CCOCC3)c3cccc(Oc4ccc(Cl)cc4)c3)c3ccccc32)cc1. The zero-order valence-electron chi connectivity index (χ0n) is 25.0. The van der Waals surface area contributed by atoms with Crippen molar-refractivity contribution in [2.75, 3.05) is 39.4 Å². The Balaban J connectivity index is 1.30. The average Bonchev–Trinajstić information content (AvgIpc) is 3.40. The van der Waals surface area contributed by atoms with Crippen LogP contribution in [0.3, 0.4) is 0 Å². The molecule has 7 heteroatoms. The fourth-order valence-corrected chi connectivity index (χ4v) is 5.98. The van der Waals surface area contributed by atoms with E-state index < -0.39 is 0 Å². The lowest BCUT2D eigenvalue weighted by Crippen LogP contribution is -2.41. The Hall–Kier alpha value is -4.10. The van der Waals surface area contributed by atoms with Crippen LogP contribution in [-0.4, -0.2) is 54.8 Å². The van der Waals surface area contributed by atoms with E-state index in [0.717, 1.165) is 61.4 Å². The Morgan fingerprint density at radius 1 is 0.932 bits per heavy atom. The molecule has 1 saturated heterocycles. The van der Waals surface area contributed by atoms with Crippen LogP contribution in [0, 0.1) is 6.92 Å². The maximum Gasteiger partial charge on any atom is 0.220 e. The number of hydrogen-bond donors (Lipinski definition) is 1. The van der Waals surface area contributed by atoms with Crippen molar-refractivity contribution in [3.05, 3.63) is 131 Å². The van der Waals surface area contributed by atoms with E-state index in [1.54, 1.807) is 0 Å². The van der Waals surface area contributed by atoms with Crippen molar-refractivity contribution in [3.8, 4) is 11.5 Å². The minimum absolute atomic E-state index is 0.0302. The predicted molar refractivity (Wildman–Crippen MR) is 177 cm³/mol. The van der Waals surface area contributed by atoms with Gasteiger partial charge in [-0.25, -0.2) is 0 Å². The molecule has 1 aliphatic rings. The highest BCUT2D eigenvalue weighted by atomic mass is 35.5. The number of amides is 1. The number of hydrogen-bond acceptors (Lipinski definition) is 4. The summed E-state index contributed by atoms with van der Waals surface area (Å²) in [5, 5.41) is 5.00. The van der Waals surface area contributed by atoms with E-state index in [-0.39, 0.29) is 11.8 Å². The molecule has 6 rings (SSSR count). The van der Waals surface area contributed by atoms with Crippen molar-refractivity contribution in [2.24, 2.45) is 0 Å². The molecule has 1 atom stereocenters. The number of nitrogens with one attached hydrogen (secondary N) is 1. The lowest BCUT2D eigenvalue weighted by atomic mass is 9.88. The van der Waals surface area contributed by atoms with Gasteiger partial charge in [0.05, 0.1) is 13.2 Å². The molecule has 1 fully saturated rings. The number of morpholine rings is 1. The van der Waals surface area contributed by atoms with Crippen LogP contribution in [0.15, 0.2) is 103 Å². The van der Waals surface area contributed by atoms with Crippen LogP contribution >= 0.6 is 11.6 Å². The number of halogens is 1. The van der Waals surface area contributed by atoms with Crippen molar-refractivity contribution in [1.29, 1.82) is 0 Å². The number of benzene rings is 4.